The summed E-state index contributed by atoms with van der Waals surface area (Å²) in [6, 6.07) is 6.64. The van der Waals surface area contributed by atoms with Crippen LogP contribution in [0.1, 0.15) is 5.76 Å². The number of aromatic amines is 1. The second kappa shape index (κ2) is 6.95. The first-order valence-corrected chi connectivity index (χ1v) is 7.22. The van der Waals surface area contributed by atoms with Gasteiger partial charge >= 0.3 is 11.8 Å². The van der Waals surface area contributed by atoms with E-state index in [2.05, 4.69) is 15.3 Å². The van der Waals surface area contributed by atoms with Crippen LogP contribution in [0, 0.1) is 0 Å². The van der Waals surface area contributed by atoms with E-state index in [9.17, 15) is 9.59 Å². The molecule has 1 aromatic carbocycles. The highest BCUT2D eigenvalue weighted by atomic mass is 16.6. The van der Waals surface area contributed by atoms with Crippen molar-refractivity contribution in [2.75, 3.05) is 19.5 Å². The Bertz CT molecular complexity index is 962. The number of nitrogens with one attached hydrogen (secondary N) is 2. The second-order valence-corrected chi connectivity index (χ2v) is 4.95. The van der Waals surface area contributed by atoms with E-state index in [4.69, 9.17) is 18.6 Å². The molecule has 9 heteroatoms. The van der Waals surface area contributed by atoms with Gasteiger partial charge in [0.05, 0.1) is 14.2 Å². The molecule has 0 fully saturated rings. The SMILES string of the molecule is COc1cc(OC)c2oc(COC(=O)Nc3ccnc(=O)[nH]3)cc2c1. The molecule has 0 bridgehead atoms. The van der Waals surface area contributed by atoms with Gasteiger partial charge in [-0.05, 0) is 18.2 Å². The average molecular weight is 345 g/mol. The number of carbonyl (C=O) groups is 1. The molecule has 3 rings (SSSR count). The fourth-order valence-electron chi connectivity index (χ4n) is 2.21. The van der Waals surface area contributed by atoms with Crippen LogP contribution in [-0.2, 0) is 11.3 Å². The number of hydrogen-bond donors (Lipinski definition) is 2. The number of hydrogen-bond acceptors (Lipinski definition) is 7. The summed E-state index contributed by atoms with van der Waals surface area (Å²) in [4.78, 5) is 28.6. The van der Waals surface area contributed by atoms with E-state index in [1.54, 1.807) is 25.3 Å². The average Bonchev–Trinajstić information content (AvgIpc) is 3.02. The zero-order chi connectivity index (χ0) is 17.8. The lowest BCUT2D eigenvalue weighted by Crippen LogP contribution is -2.18. The van der Waals surface area contributed by atoms with Crippen molar-refractivity contribution in [3.63, 3.8) is 0 Å². The summed E-state index contributed by atoms with van der Waals surface area (Å²) in [6.45, 7) is -0.0959. The zero-order valence-electron chi connectivity index (χ0n) is 13.5. The fraction of sp³-hybridized carbons (Fsp3) is 0.188. The summed E-state index contributed by atoms with van der Waals surface area (Å²) in [6.07, 6.45) is 0.528. The highest BCUT2D eigenvalue weighted by Gasteiger charge is 2.13. The van der Waals surface area contributed by atoms with Crippen LogP contribution in [0.25, 0.3) is 11.0 Å². The smallest absolute Gasteiger partial charge is 0.413 e. The molecule has 0 aliphatic rings. The van der Waals surface area contributed by atoms with Gasteiger partial charge < -0.3 is 18.6 Å². The van der Waals surface area contributed by atoms with Crippen LogP contribution in [0.5, 0.6) is 11.5 Å². The molecule has 0 atom stereocenters. The Hall–Kier alpha value is -3.49. The van der Waals surface area contributed by atoms with Gasteiger partial charge in [-0.1, -0.05) is 0 Å². The maximum absolute atomic E-state index is 11.8. The first-order valence-electron chi connectivity index (χ1n) is 7.22. The molecule has 0 radical (unpaired) electrons. The van der Waals surface area contributed by atoms with Crippen LogP contribution < -0.4 is 20.5 Å². The van der Waals surface area contributed by atoms with Crippen molar-refractivity contribution in [2.24, 2.45) is 0 Å². The number of ether oxygens (including phenoxy) is 3. The lowest BCUT2D eigenvalue weighted by atomic mass is 10.2. The fourth-order valence-corrected chi connectivity index (χ4v) is 2.21. The highest BCUT2D eigenvalue weighted by Crippen LogP contribution is 2.33. The number of methoxy groups -OCH3 is 2. The first-order chi connectivity index (χ1) is 12.1. The van der Waals surface area contributed by atoms with Crippen molar-refractivity contribution in [3.8, 4) is 11.5 Å². The van der Waals surface area contributed by atoms with E-state index >= 15 is 0 Å². The minimum Gasteiger partial charge on any atom is -0.497 e. The number of amides is 1. The molecule has 0 aliphatic heterocycles. The van der Waals surface area contributed by atoms with Crippen LogP contribution in [-0.4, -0.2) is 30.3 Å². The van der Waals surface area contributed by atoms with Gasteiger partial charge in [-0.2, -0.15) is 0 Å². The maximum atomic E-state index is 11.8. The third kappa shape index (κ3) is 3.71. The number of fused-ring (bicyclic) bond motifs is 1. The van der Waals surface area contributed by atoms with Crippen LogP contribution in [0.4, 0.5) is 10.6 Å². The van der Waals surface area contributed by atoms with Crippen LogP contribution in [0.3, 0.4) is 0 Å². The summed E-state index contributed by atoms with van der Waals surface area (Å²) < 4.78 is 21.2. The molecular weight excluding hydrogens is 330 g/mol. The molecule has 2 N–H and O–H groups in total. The van der Waals surface area contributed by atoms with E-state index in [1.165, 1.54) is 19.4 Å². The van der Waals surface area contributed by atoms with E-state index in [0.717, 1.165) is 5.39 Å². The molecule has 3 aromatic rings. The van der Waals surface area contributed by atoms with E-state index < -0.39 is 11.8 Å². The molecule has 0 saturated heterocycles. The van der Waals surface area contributed by atoms with Crippen molar-refractivity contribution in [3.05, 3.63) is 46.7 Å². The summed E-state index contributed by atoms with van der Waals surface area (Å²) in [5.74, 6) is 1.75. The zero-order valence-corrected chi connectivity index (χ0v) is 13.5. The molecule has 0 spiro atoms. The van der Waals surface area contributed by atoms with Crippen molar-refractivity contribution in [2.45, 2.75) is 6.61 Å². The molecule has 25 heavy (non-hydrogen) atoms. The molecule has 130 valence electrons. The summed E-state index contributed by atoms with van der Waals surface area (Å²) in [5, 5.41) is 3.14. The van der Waals surface area contributed by atoms with Gasteiger partial charge in [0.1, 0.15) is 17.3 Å². The Kier molecular flexibility index (Phi) is 4.55. The van der Waals surface area contributed by atoms with Gasteiger partial charge in [0.15, 0.2) is 17.9 Å². The number of benzene rings is 1. The number of furan rings is 1. The molecule has 0 aliphatic carbocycles. The lowest BCUT2D eigenvalue weighted by Gasteiger charge is -2.05. The first kappa shape index (κ1) is 16.4. The van der Waals surface area contributed by atoms with Crippen molar-refractivity contribution < 1.29 is 23.4 Å². The minimum atomic E-state index is -0.744. The minimum absolute atomic E-state index is 0.0959. The standard InChI is InChI=1S/C16H15N3O6/c1-22-10-5-9-6-11(25-14(9)12(7-10)23-2)8-24-16(21)19-13-3-4-17-15(20)18-13/h3-7H,8H2,1-2H3,(H2,17,18,19,20,21). The normalized spacial score (nSPS) is 10.5. The van der Waals surface area contributed by atoms with Crippen molar-refractivity contribution in [1.82, 2.24) is 9.97 Å². The summed E-state index contributed by atoms with van der Waals surface area (Å²) >= 11 is 0. The van der Waals surface area contributed by atoms with Crippen LogP contribution in [0.2, 0.25) is 0 Å². The van der Waals surface area contributed by atoms with Gasteiger partial charge in [-0.25, -0.2) is 14.6 Å². The van der Waals surface area contributed by atoms with Gasteiger partial charge in [0.25, 0.3) is 0 Å². The molecular formula is C16H15N3O6. The van der Waals surface area contributed by atoms with E-state index in [0.29, 0.717) is 22.8 Å². The number of carbonyl (C=O) groups excluding carboxylic acids is 1. The Morgan fingerprint density at radius 3 is 2.84 bits per heavy atom. The van der Waals surface area contributed by atoms with E-state index in [-0.39, 0.29) is 12.4 Å². The largest absolute Gasteiger partial charge is 0.497 e. The number of H-pyrrole nitrogens is 1. The molecule has 2 heterocycles. The number of aromatic nitrogens is 2. The summed E-state index contributed by atoms with van der Waals surface area (Å²) in [5.41, 5.74) is -0.0445. The van der Waals surface area contributed by atoms with Gasteiger partial charge in [-0.15, -0.1) is 0 Å². The summed E-state index contributed by atoms with van der Waals surface area (Å²) in [7, 11) is 3.08. The molecule has 0 unspecified atom stereocenters. The van der Waals surface area contributed by atoms with Gasteiger partial charge in [-0.3, -0.25) is 10.3 Å². The Balaban J connectivity index is 1.70. The molecule has 9 nitrogen and oxygen atoms in total. The predicted octanol–water partition coefficient (Wildman–Crippen LogP) is 2.28. The van der Waals surface area contributed by atoms with Gasteiger partial charge in [0.2, 0.25) is 0 Å². The third-order valence-corrected chi connectivity index (χ3v) is 3.32. The van der Waals surface area contributed by atoms with Crippen molar-refractivity contribution in [1.29, 1.82) is 0 Å². The molecule has 2 aromatic heterocycles. The van der Waals surface area contributed by atoms with Crippen LogP contribution in [0.15, 0.2) is 39.7 Å². The Morgan fingerprint density at radius 2 is 2.12 bits per heavy atom. The Labute approximate surface area is 141 Å². The van der Waals surface area contributed by atoms with Crippen molar-refractivity contribution >= 4 is 22.9 Å². The topological polar surface area (TPSA) is 116 Å². The quantitative estimate of drug-likeness (QED) is 0.729. The van der Waals surface area contributed by atoms with Gasteiger partial charge in [0, 0.05) is 17.6 Å². The Morgan fingerprint density at radius 1 is 1.28 bits per heavy atom. The third-order valence-electron chi connectivity index (χ3n) is 3.32. The number of rotatable bonds is 5. The number of anilines is 1. The highest BCUT2D eigenvalue weighted by molar-refractivity contribution is 5.86. The molecule has 0 saturated carbocycles. The van der Waals surface area contributed by atoms with Crippen LogP contribution >= 0.6 is 0 Å². The van der Waals surface area contributed by atoms with E-state index in [1.807, 2.05) is 0 Å². The lowest BCUT2D eigenvalue weighted by molar-refractivity contribution is 0.146. The number of nitrogens with zero attached hydrogens (tertiary/aromatic N) is 1. The molecule has 1 amide bonds. The predicted molar refractivity (Wildman–Crippen MR) is 88.0 cm³/mol. The monoisotopic (exact) mass is 345 g/mol. The maximum Gasteiger partial charge on any atom is 0.413 e. The second-order valence-electron chi connectivity index (χ2n) is 4.95.